The summed E-state index contributed by atoms with van der Waals surface area (Å²) >= 11 is 0. The molecule has 2 fully saturated rings. The van der Waals surface area contributed by atoms with E-state index in [2.05, 4.69) is 31.0 Å². The molecule has 0 heterocycles. The zero-order valence-electron chi connectivity index (χ0n) is 16.0. The van der Waals surface area contributed by atoms with Gasteiger partial charge in [-0.05, 0) is 79.5 Å². The molecule has 0 unspecified atom stereocenters. The van der Waals surface area contributed by atoms with Gasteiger partial charge in [-0.2, -0.15) is 0 Å². The Hall–Kier alpha value is -1.95. The lowest BCUT2D eigenvalue weighted by molar-refractivity contribution is -0.165. The predicted octanol–water partition coefficient (Wildman–Crippen LogP) is 4.49. The first-order valence-electron chi connectivity index (χ1n) is 9.78. The molecule has 0 bridgehead atoms. The average Bonchev–Trinajstić information content (AvgIpc) is 2.93. The lowest BCUT2D eigenvalue weighted by atomic mass is 9.53. The fourth-order valence-electron chi connectivity index (χ4n) is 6.36. The Morgan fingerprint density at radius 1 is 1.27 bits per heavy atom. The van der Waals surface area contributed by atoms with Gasteiger partial charge in [-0.3, -0.25) is 4.79 Å². The molecule has 3 aliphatic carbocycles. The zero-order valence-corrected chi connectivity index (χ0v) is 16.0. The molecule has 5 atom stereocenters. The van der Waals surface area contributed by atoms with E-state index < -0.39 is 5.60 Å². The molecule has 4 rings (SSSR count). The topological polar surface area (TPSA) is 35.5 Å². The highest BCUT2D eigenvalue weighted by atomic mass is 16.6. The predicted molar refractivity (Wildman–Crippen MR) is 101 cm³/mol. The minimum atomic E-state index is -0.728. The summed E-state index contributed by atoms with van der Waals surface area (Å²) in [4.78, 5) is 11.8. The molecule has 1 aromatic rings. The third-order valence-corrected chi connectivity index (χ3v) is 7.60. The number of esters is 1. The van der Waals surface area contributed by atoms with Crippen molar-refractivity contribution in [3.8, 4) is 18.1 Å². The smallest absolute Gasteiger partial charge is 0.304 e. The van der Waals surface area contributed by atoms with E-state index in [9.17, 15) is 4.79 Å². The summed E-state index contributed by atoms with van der Waals surface area (Å²) in [5, 5.41) is 0. The monoisotopic (exact) mass is 352 g/mol. The van der Waals surface area contributed by atoms with E-state index in [-0.39, 0.29) is 11.4 Å². The van der Waals surface area contributed by atoms with Crippen LogP contribution in [0.5, 0.6) is 5.75 Å². The number of carbonyl (C=O) groups is 1. The van der Waals surface area contributed by atoms with Crippen molar-refractivity contribution in [2.45, 2.75) is 63.9 Å². The first-order chi connectivity index (χ1) is 12.4. The molecule has 0 amide bonds. The maximum absolute atomic E-state index is 11.8. The quantitative estimate of drug-likeness (QED) is 0.581. The maximum Gasteiger partial charge on any atom is 0.304 e. The van der Waals surface area contributed by atoms with Crippen molar-refractivity contribution in [2.24, 2.45) is 17.3 Å². The molecule has 0 N–H and O–H groups in total. The lowest BCUT2D eigenvalue weighted by Crippen LogP contribution is -2.52. The third-order valence-electron chi connectivity index (χ3n) is 7.60. The second-order valence-corrected chi connectivity index (χ2v) is 8.54. The van der Waals surface area contributed by atoms with E-state index in [1.54, 1.807) is 7.11 Å². The number of fused-ring (bicyclic) bond motifs is 5. The second-order valence-electron chi connectivity index (χ2n) is 8.54. The summed E-state index contributed by atoms with van der Waals surface area (Å²) in [6, 6.07) is 6.57. The number of carbonyl (C=O) groups excluding carboxylic acids is 1. The van der Waals surface area contributed by atoms with Crippen LogP contribution in [0.25, 0.3) is 0 Å². The highest BCUT2D eigenvalue weighted by Crippen LogP contribution is 2.65. The minimum absolute atomic E-state index is 0.113. The van der Waals surface area contributed by atoms with Crippen LogP contribution >= 0.6 is 0 Å². The van der Waals surface area contributed by atoms with Crippen LogP contribution in [-0.2, 0) is 16.0 Å². The van der Waals surface area contributed by atoms with Gasteiger partial charge >= 0.3 is 5.97 Å². The zero-order chi connectivity index (χ0) is 18.5. The van der Waals surface area contributed by atoms with Gasteiger partial charge in [-0.25, -0.2) is 0 Å². The number of ether oxygens (including phenoxy) is 2. The van der Waals surface area contributed by atoms with E-state index in [1.807, 2.05) is 0 Å². The Bertz CT molecular complexity index is 776. The Morgan fingerprint density at radius 3 is 2.77 bits per heavy atom. The van der Waals surface area contributed by atoms with E-state index in [0.29, 0.717) is 17.8 Å². The maximum atomic E-state index is 11.8. The molecule has 0 saturated heterocycles. The van der Waals surface area contributed by atoms with E-state index in [0.717, 1.165) is 37.9 Å². The summed E-state index contributed by atoms with van der Waals surface area (Å²) in [5.41, 5.74) is 2.10. The van der Waals surface area contributed by atoms with Crippen molar-refractivity contribution in [2.75, 3.05) is 7.11 Å². The van der Waals surface area contributed by atoms with Crippen LogP contribution in [0.1, 0.15) is 63.0 Å². The lowest BCUT2D eigenvalue weighted by Gasteiger charge is -2.52. The number of aryl methyl sites for hydroxylation is 1. The van der Waals surface area contributed by atoms with Crippen LogP contribution in [0, 0.1) is 29.6 Å². The minimum Gasteiger partial charge on any atom is -0.497 e. The van der Waals surface area contributed by atoms with Gasteiger partial charge < -0.3 is 9.47 Å². The number of hydrogen-bond acceptors (Lipinski definition) is 3. The van der Waals surface area contributed by atoms with Gasteiger partial charge in [0.2, 0.25) is 0 Å². The molecule has 2 saturated carbocycles. The fourth-order valence-corrected chi connectivity index (χ4v) is 6.36. The van der Waals surface area contributed by atoms with Crippen molar-refractivity contribution in [3.63, 3.8) is 0 Å². The van der Waals surface area contributed by atoms with Crippen molar-refractivity contribution >= 4 is 5.97 Å². The summed E-state index contributed by atoms with van der Waals surface area (Å²) in [6.45, 7) is 3.75. The number of terminal acetylenes is 1. The normalized spacial score (nSPS) is 37.7. The largest absolute Gasteiger partial charge is 0.497 e. The van der Waals surface area contributed by atoms with Gasteiger partial charge in [0.05, 0.1) is 7.11 Å². The van der Waals surface area contributed by atoms with Crippen molar-refractivity contribution in [1.82, 2.24) is 0 Å². The molecule has 1 aromatic carbocycles. The Labute approximate surface area is 156 Å². The first kappa shape index (κ1) is 17.5. The summed E-state index contributed by atoms with van der Waals surface area (Å²) in [5.74, 6) is 5.35. The second kappa shape index (κ2) is 6.05. The molecule has 3 nitrogen and oxygen atoms in total. The van der Waals surface area contributed by atoms with E-state index >= 15 is 0 Å². The van der Waals surface area contributed by atoms with Crippen molar-refractivity contribution in [1.29, 1.82) is 0 Å². The summed E-state index contributed by atoms with van der Waals surface area (Å²) in [6.07, 6.45) is 12.2. The van der Waals surface area contributed by atoms with Crippen molar-refractivity contribution in [3.05, 3.63) is 29.3 Å². The van der Waals surface area contributed by atoms with Crippen LogP contribution in [-0.4, -0.2) is 18.7 Å². The molecule has 26 heavy (non-hydrogen) atoms. The molecular formula is C23H28O3. The number of benzene rings is 1. The third kappa shape index (κ3) is 2.31. The molecule has 0 aromatic heterocycles. The van der Waals surface area contributed by atoms with E-state index in [1.165, 1.54) is 24.5 Å². The fraction of sp³-hybridized carbons (Fsp3) is 0.609. The number of methoxy groups -OCH3 is 1. The first-order valence-corrected chi connectivity index (χ1v) is 9.78. The molecule has 3 heteroatoms. The van der Waals surface area contributed by atoms with Crippen LogP contribution in [0.4, 0.5) is 0 Å². The number of hydrogen-bond donors (Lipinski definition) is 0. The molecule has 0 radical (unpaired) electrons. The highest BCUT2D eigenvalue weighted by Gasteiger charge is 2.63. The van der Waals surface area contributed by atoms with Crippen LogP contribution in [0.3, 0.4) is 0 Å². The van der Waals surface area contributed by atoms with Gasteiger partial charge in [-0.1, -0.05) is 18.9 Å². The molecule has 0 spiro atoms. The van der Waals surface area contributed by atoms with Gasteiger partial charge in [0.15, 0.2) is 5.60 Å². The molecule has 3 aliphatic rings. The van der Waals surface area contributed by atoms with Gasteiger partial charge in [0, 0.05) is 12.3 Å². The van der Waals surface area contributed by atoms with Gasteiger partial charge in [-0.15, -0.1) is 6.42 Å². The average molecular weight is 352 g/mol. The van der Waals surface area contributed by atoms with E-state index in [4.69, 9.17) is 15.9 Å². The summed E-state index contributed by atoms with van der Waals surface area (Å²) in [7, 11) is 1.73. The Kier molecular flexibility index (Phi) is 4.06. The molecule has 138 valence electrons. The SMILES string of the molecule is C#C[C@]1(OC(C)=O)CC[C@@H]2[C@H]3CCc4cc(OC)ccc4[C@H]3CC[C@@]21C. The standard InChI is InChI=1S/C23H28O3/c1-5-23(26-15(2)24)13-11-21-20-8-6-16-14-17(25-4)7-9-18(16)19(20)10-12-22(21,23)3/h1,7,9,14,19-21H,6,8,10-13H2,2-4H3/t19-,20+,21-,22+,23+/m1/s1. The van der Waals surface area contributed by atoms with Crippen LogP contribution in [0.15, 0.2) is 18.2 Å². The van der Waals surface area contributed by atoms with Gasteiger partial charge in [0.1, 0.15) is 5.75 Å². The Balaban J connectivity index is 1.68. The van der Waals surface area contributed by atoms with Gasteiger partial charge in [0.25, 0.3) is 0 Å². The van der Waals surface area contributed by atoms with Crippen LogP contribution in [0.2, 0.25) is 0 Å². The molecular weight excluding hydrogens is 324 g/mol. The molecule has 0 aliphatic heterocycles. The van der Waals surface area contributed by atoms with Crippen LogP contribution < -0.4 is 4.74 Å². The summed E-state index contributed by atoms with van der Waals surface area (Å²) < 4.78 is 11.2. The van der Waals surface area contributed by atoms with Crippen molar-refractivity contribution < 1.29 is 14.3 Å². The number of rotatable bonds is 2. The Morgan fingerprint density at radius 2 is 2.08 bits per heavy atom. The highest BCUT2D eigenvalue weighted by molar-refractivity contribution is 5.67.